The molecule has 0 aliphatic carbocycles. The van der Waals surface area contributed by atoms with Crippen molar-refractivity contribution in [2.45, 2.75) is 13.0 Å². The van der Waals surface area contributed by atoms with E-state index < -0.39 is 5.97 Å². The van der Waals surface area contributed by atoms with Gasteiger partial charge in [0.1, 0.15) is 5.69 Å². The monoisotopic (exact) mass is 300 g/mol. The number of carbonyl (C=O) groups is 2. The first kappa shape index (κ1) is 14.9. The van der Waals surface area contributed by atoms with Gasteiger partial charge in [-0.3, -0.25) is 4.79 Å². The number of hydrogen-bond donors (Lipinski definition) is 1. The number of rotatable bonds is 5. The molecule has 0 aromatic carbocycles. The topological polar surface area (TPSA) is 86.8 Å². The summed E-state index contributed by atoms with van der Waals surface area (Å²) in [5.74, 6) is -0.855. The first-order valence-corrected chi connectivity index (χ1v) is 7.19. The van der Waals surface area contributed by atoms with Crippen molar-refractivity contribution in [3.05, 3.63) is 16.1 Å². The third-order valence-electron chi connectivity index (χ3n) is 2.56. The third kappa shape index (κ3) is 3.99. The summed E-state index contributed by atoms with van der Waals surface area (Å²) in [5, 5.41) is 4.40. The van der Waals surface area contributed by atoms with Crippen LogP contribution in [-0.4, -0.2) is 55.9 Å². The van der Waals surface area contributed by atoms with E-state index in [9.17, 15) is 9.59 Å². The number of nitrogens with zero attached hydrogens (tertiary/aromatic N) is 1. The molecule has 8 heteroatoms. The first-order valence-electron chi connectivity index (χ1n) is 6.31. The van der Waals surface area contributed by atoms with Gasteiger partial charge in [-0.25, -0.2) is 9.78 Å². The lowest BCUT2D eigenvalue weighted by Crippen LogP contribution is -2.39. The Balaban J connectivity index is 1.84. The minimum absolute atomic E-state index is 0.143. The van der Waals surface area contributed by atoms with Crippen LogP contribution in [0.25, 0.3) is 0 Å². The summed E-state index contributed by atoms with van der Waals surface area (Å²) >= 11 is 1.08. The highest BCUT2D eigenvalue weighted by Crippen LogP contribution is 2.11. The lowest BCUT2D eigenvalue weighted by atomic mass is 10.3. The Hall–Kier alpha value is -1.51. The molecule has 0 saturated carbocycles. The Morgan fingerprint density at radius 2 is 2.40 bits per heavy atom. The summed E-state index contributed by atoms with van der Waals surface area (Å²) in [7, 11) is 0. The van der Waals surface area contributed by atoms with Crippen LogP contribution >= 0.6 is 11.3 Å². The summed E-state index contributed by atoms with van der Waals surface area (Å²) in [6.45, 7) is 3.92. The van der Waals surface area contributed by atoms with Crippen molar-refractivity contribution in [1.82, 2.24) is 10.3 Å². The van der Waals surface area contributed by atoms with Crippen molar-refractivity contribution in [3.63, 3.8) is 0 Å². The van der Waals surface area contributed by atoms with E-state index in [-0.39, 0.29) is 29.3 Å². The van der Waals surface area contributed by atoms with Gasteiger partial charge in [0, 0.05) is 11.9 Å². The molecule has 2 heterocycles. The molecule has 1 aliphatic heterocycles. The fourth-order valence-electron chi connectivity index (χ4n) is 1.62. The molecule has 1 saturated heterocycles. The number of ether oxygens (including phenoxy) is 3. The van der Waals surface area contributed by atoms with Gasteiger partial charge in [-0.05, 0) is 6.92 Å². The molecule has 1 fully saturated rings. The number of amides is 1. The van der Waals surface area contributed by atoms with E-state index in [0.29, 0.717) is 26.4 Å². The number of hydrogen-bond acceptors (Lipinski definition) is 7. The predicted molar refractivity (Wildman–Crippen MR) is 71.0 cm³/mol. The molecule has 1 atom stereocenters. The van der Waals surface area contributed by atoms with Crippen molar-refractivity contribution in [3.8, 4) is 0 Å². The lowest BCUT2D eigenvalue weighted by molar-refractivity contribution is -0.0855. The number of carbonyl (C=O) groups excluding carboxylic acids is 2. The molecule has 1 aliphatic rings. The SMILES string of the molecule is CCOC(=O)c1nc(C(=O)NCC2COCCO2)cs1. The summed E-state index contributed by atoms with van der Waals surface area (Å²) in [5.41, 5.74) is 0.204. The van der Waals surface area contributed by atoms with Crippen LogP contribution in [0, 0.1) is 0 Å². The summed E-state index contributed by atoms with van der Waals surface area (Å²) in [6, 6.07) is 0. The standard InChI is InChI=1S/C12H16N2O5S/c1-2-18-12(16)11-14-9(7-20-11)10(15)13-5-8-6-17-3-4-19-8/h7-8H,2-6H2,1H3,(H,13,15). The Morgan fingerprint density at radius 1 is 1.55 bits per heavy atom. The predicted octanol–water partition coefficient (Wildman–Crippen LogP) is 0.465. The highest BCUT2D eigenvalue weighted by atomic mass is 32.1. The zero-order chi connectivity index (χ0) is 14.4. The van der Waals surface area contributed by atoms with Crippen LogP contribution in [0.3, 0.4) is 0 Å². The highest BCUT2D eigenvalue weighted by molar-refractivity contribution is 7.11. The minimum atomic E-state index is -0.513. The van der Waals surface area contributed by atoms with Crippen LogP contribution in [0.4, 0.5) is 0 Å². The maximum Gasteiger partial charge on any atom is 0.367 e. The second-order valence-electron chi connectivity index (χ2n) is 4.04. The zero-order valence-corrected chi connectivity index (χ0v) is 11.9. The lowest BCUT2D eigenvalue weighted by Gasteiger charge is -2.22. The second-order valence-corrected chi connectivity index (χ2v) is 4.89. The molecule has 1 aromatic heterocycles. The van der Waals surface area contributed by atoms with Gasteiger partial charge in [0.2, 0.25) is 5.01 Å². The fourth-order valence-corrected chi connectivity index (χ4v) is 2.31. The summed E-state index contributed by atoms with van der Waals surface area (Å²) in [6.07, 6.45) is -0.143. The minimum Gasteiger partial charge on any atom is -0.461 e. The molecule has 110 valence electrons. The van der Waals surface area contributed by atoms with Crippen LogP contribution in [0.15, 0.2) is 5.38 Å². The largest absolute Gasteiger partial charge is 0.461 e. The second kappa shape index (κ2) is 7.32. The molecule has 1 amide bonds. The molecule has 2 rings (SSSR count). The van der Waals surface area contributed by atoms with E-state index >= 15 is 0 Å². The number of esters is 1. The van der Waals surface area contributed by atoms with Gasteiger partial charge >= 0.3 is 5.97 Å². The summed E-state index contributed by atoms with van der Waals surface area (Å²) < 4.78 is 15.5. The van der Waals surface area contributed by atoms with Crippen molar-refractivity contribution < 1.29 is 23.8 Å². The van der Waals surface area contributed by atoms with Crippen molar-refractivity contribution >= 4 is 23.2 Å². The molecular weight excluding hydrogens is 284 g/mol. The van der Waals surface area contributed by atoms with E-state index in [1.807, 2.05) is 0 Å². The average Bonchev–Trinajstić information content (AvgIpc) is 2.96. The van der Waals surface area contributed by atoms with Crippen molar-refractivity contribution in [2.24, 2.45) is 0 Å². The van der Waals surface area contributed by atoms with Crippen molar-refractivity contribution in [1.29, 1.82) is 0 Å². The van der Waals surface area contributed by atoms with E-state index in [1.54, 1.807) is 6.92 Å². The van der Waals surface area contributed by atoms with Gasteiger partial charge in [0.05, 0.1) is 32.5 Å². The van der Waals surface area contributed by atoms with Crippen molar-refractivity contribution in [2.75, 3.05) is 33.0 Å². The van der Waals surface area contributed by atoms with E-state index in [0.717, 1.165) is 11.3 Å². The Kier molecular flexibility index (Phi) is 5.45. The quantitative estimate of drug-likeness (QED) is 0.795. The smallest absolute Gasteiger partial charge is 0.367 e. The molecule has 20 heavy (non-hydrogen) atoms. The zero-order valence-electron chi connectivity index (χ0n) is 11.1. The van der Waals surface area contributed by atoms with Gasteiger partial charge < -0.3 is 19.5 Å². The van der Waals surface area contributed by atoms with Crippen LogP contribution in [0.1, 0.15) is 27.2 Å². The Morgan fingerprint density at radius 3 is 3.10 bits per heavy atom. The van der Waals surface area contributed by atoms with Crippen LogP contribution in [0.2, 0.25) is 0 Å². The molecule has 0 radical (unpaired) electrons. The van der Waals surface area contributed by atoms with Gasteiger partial charge in [-0.2, -0.15) is 0 Å². The molecule has 0 spiro atoms. The summed E-state index contributed by atoms with van der Waals surface area (Å²) in [4.78, 5) is 27.3. The van der Waals surface area contributed by atoms with E-state index in [4.69, 9.17) is 14.2 Å². The fraction of sp³-hybridized carbons (Fsp3) is 0.583. The first-order chi connectivity index (χ1) is 9.70. The van der Waals surface area contributed by atoms with E-state index in [1.165, 1.54) is 5.38 Å². The van der Waals surface area contributed by atoms with E-state index in [2.05, 4.69) is 10.3 Å². The maximum atomic E-state index is 11.9. The Bertz CT molecular complexity index is 470. The Labute approximate surface area is 120 Å². The molecule has 1 unspecified atom stereocenters. The highest BCUT2D eigenvalue weighted by Gasteiger charge is 2.19. The third-order valence-corrected chi connectivity index (χ3v) is 3.38. The normalized spacial score (nSPS) is 18.6. The van der Waals surface area contributed by atoms with Gasteiger partial charge in [-0.1, -0.05) is 0 Å². The van der Waals surface area contributed by atoms with Crippen LogP contribution in [0.5, 0.6) is 0 Å². The number of nitrogens with one attached hydrogen (secondary N) is 1. The number of aromatic nitrogens is 1. The van der Waals surface area contributed by atoms with Gasteiger partial charge in [0.15, 0.2) is 0 Å². The van der Waals surface area contributed by atoms with Gasteiger partial charge in [-0.15, -0.1) is 11.3 Å². The van der Waals surface area contributed by atoms with Crippen LogP contribution in [-0.2, 0) is 14.2 Å². The molecule has 0 bridgehead atoms. The van der Waals surface area contributed by atoms with Gasteiger partial charge in [0.25, 0.3) is 5.91 Å². The molecule has 1 N–H and O–H groups in total. The van der Waals surface area contributed by atoms with Crippen LogP contribution < -0.4 is 5.32 Å². The molecular formula is C12H16N2O5S. The maximum absolute atomic E-state index is 11.9. The number of thiazole rings is 1. The molecule has 1 aromatic rings. The molecule has 7 nitrogen and oxygen atoms in total. The average molecular weight is 300 g/mol.